The third-order valence-corrected chi connectivity index (χ3v) is 6.55. The van der Waals surface area contributed by atoms with Gasteiger partial charge in [-0.15, -0.1) is 0 Å². The van der Waals surface area contributed by atoms with Crippen molar-refractivity contribution in [2.45, 2.75) is 24.3 Å². The first-order valence-electron chi connectivity index (χ1n) is 8.46. The molecule has 1 aliphatic rings. The van der Waals surface area contributed by atoms with Crippen molar-refractivity contribution < 1.29 is 12.9 Å². The van der Waals surface area contributed by atoms with Crippen LogP contribution in [0.15, 0.2) is 34.1 Å². The third-order valence-electron chi connectivity index (χ3n) is 4.67. The van der Waals surface area contributed by atoms with E-state index in [0.717, 1.165) is 0 Å². The minimum Gasteiger partial charge on any atom is -0.337 e. The van der Waals surface area contributed by atoms with E-state index in [1.54, 1.807) is 12.3 Å². The van der Waals surface area contributed by atoms with Crippen molar-refractivity contribution in [1.29, 1.82) is 0 Å². The molecule has 4 heterocycles. The van der Waals surface area contributed by atoms with Crippen LogP contribution in [-0.4, -0.2) is 52.0 Å². The maximum absolute atomic E-state index is 13.3. The van der Waals surface area contributed by atoms with Crippen LogP contribution in [0.4, 0.5) is 0 Å². The molecule has 0 aromatic carbocycles. The first kappa shape index (κ1) is 17.1. The first-order valence-corrected chi connectivity index (χ1v) is 9.90. The Morgan fingerprint density at radius 2 is 2.23 bits per heavy atom. The summed E-state index contributed by atoms with van der Waals surface area (Å²) in [5.41, 5.74) is 1.05. The zero-order valence-corrected chi connectivity index (χ0v) is 15.4. The van der Waals surface area contributed by atoms with Gasteiger partial charge in [0.2, 0.25) is 10.0 Å². The summed E-state index contributed by atoms with van der Waals surface area (Å²) in [6.07, 6.45) is 5.46. The molecular formula is C16H20N6O3S. The summed E-state index contributed by atoms with van der Waals surface area (Å²) in [6.45, 7) is 3.39. The van der Waals surface area contributed by atoms with Crippen LogP contribution < -0.4 is 5.32 Å². The Kier molecular flexibility index (Phi) is 4.25. The van der Waals surface area contributed by atoms with E-state index in [2.05, 4.69) is 20.4 Å². The summed E-state index contributed by atoms with van der Waals surface area (Å²) < 4.78 is 35.2. The quantitative estimate of drug-likeness (QED) is 0.719. The number of nitrogens with zero attached hydrogens (tertiary/aromatic N) is 5. The number of hydrogen-bond acceptors (Lipinski definition) is 7. The van der Waals surface area contributed by atoms with Crippen molar-refractivity contribution in [2.75, 3.05) is 19.6 Å². The highest BCUT2D eigenvalue weighted by molar-refractivity contribution is 7.89. The van der Waals surface area contributed by atoms with Crippen molar-refractivity contribution in [2.24, 2.45) is 7.05 Å². The van der Waals surface area contributed by atoms with Gasteiger partial charge in [0.05, 0.1) is 23.3 Å². The van der Waals surface area contributed by atoms with E-state index in [4.69, 9.17) is 4.52 Å². The van der Waals surface area contributed by atoms with Crippen LogP contribution in [0.1, 0.15) is 24.5 Å². The smallest absolute Gasteiger partial charge is 0.258 e. The van der Waals surface area contributed by atoms with Gasteiger partial charge in [0.25, 0.3) is 5.71 Å². The zero-order chi connectivity index (χ0) is 18.3. The van der Waals surface area contributed by atoms with Crippen molar-refractivity contribution in [3.8, 4) is 0 Å². The molecule has 4 rings (SSSR count). The van der Waals surface area contributed by atoms with Crippen LogP contribution in [-0.2, 0) is 23.5 Å². The molecule has 1 saturated heterocycles. The van der Waals surface area contributed by atoms with E-state index in [0.29, 0.717) is 48.7 Å². The van der Waals surface area contributed by atoms with E-state index in [1.807, 2.05) is 24.7 Å². The maximum atomic E-state index is 13.3. The summed E-state index contributed by atoms with van der Waals surface area (Å²) in [4.78, 5) is 8.63. The number of rotatable bonds is 4. The standard InChI is InChI=1S/C16H20N6O3S/c1-3-13-12-8-11(9-19-16(12)25-20-13)26(23,24)22-7-4-17-10-14(22)15-18-5-6-21(15)2/h5-6,8-9,14,17H,3-4,7,10H2,1-2H3. The second-order valence-corrected chi connectivity index (χ2v) is 8.13. The Morgan fingerprint density at radius 1 is 1.38 bits per heavy atom. The fraction of sp³-hybridized carbons (Fsp3) is 0.438. The summed E-state index contributed by atoms with van der Waals surface area (Å²) in [5.74, 6) is 0.703. The fourth-order valence-corrected chi connectivity index (χ4v) is 4.84. The number of aryl methyl sites for hydroxylation is 2. The summed E-state index contributed by atoms with van der Waals surface area (Å²) in [5, 5.41) is 7.83. The Labute approximate surface area is 151 Å². The van der Waals surface area contributed by atoms with E-state index in [1.165, 1.54) is 10.5 Å². The number of hydrogen-bond donors (Lipinski definition) is 1. The van der Waals surface area contributed by atoms with Crippen LogP contribution >= 0.6 is 0 Å². The molecule has 26 heavy (non-hydrogen) atoms. The molecule has 1 unspecified atom stereocenters. The molecule has 0 radical (unpaired) electrons. The maximum Gasteiger partial charge on any atom is 0.258 e. The summed E-state index contributed by atoms with van der Waals surface area (Å²) in [7, 11) is -1.88. The fourth-order valence-electron chi connectivity index (χ4n) is 3.28. The van der Waals surface area contributed by atoms with E-state index in [9.17, 15) is 8.42 Å². The number of imidazole rings is 1. The van der Waals surface area contributed by atoms with Crippen LogP contribution in [0, 0.1) is 0 Å². The van der Waals surface area contributed by atoms with Crippen molar-refractivity contribution in [1.82, 2.24) is 29.3 Å². The van der Waals surface area contributed by atoms with Gasteiger partial charge in [-0.05, 0) is 12.5 Å². The molecule has 1 aliphatic heterocycles. The predicted molar refractivity (Wildman–Crippen MR) is 93.9 cm³/mol. The normalized spacial score (nSPS) is 19.2. The molecule has 0 spiro atoms. The average Bonchev–Trinajstić information content (AvgIpc) is 3.26. The lowest BCUT2D eigenvalue weighted by Crippen LogP contribution is -2.49. The second kappa shape index (κ2) is 6.45. The van der Waals surface area contributed by atoms with Crippen molar-refractivity contribution in [3.05, 3.63) is 36.2 Å². The minimum atomic E-state index is -3.74. The second-order valence-electron chi connectivity index (χ2n) is 6.24. The number of pyridine rings is 1. The molecule has 1 atom stereocenters. The molecule has 10 heteroatoms. The summed E-state index contributed by atoms with van der Waals surface area (Å²) in [6, 6.07) is 1.22. The van der Waals surface area contributed by atoms with Crippen LogP contribution in [0.3, 0.4) is 0 Å². The van der Waals surface area contributed by atoms with Gasteiger partial charge in [-0.3, -0.25) is 0 Å². The molecule has 1 fully saturated rings. The first-order chi connectivity index (χ1) is 12.5. The van der Waals surface area contributed by atoms with Gasteiger partial charge in [-0.25, -0.2) is 18.4 Å². The molecule has 0 bridgehead atoms. The number of piperazine rings is 1. The molecule has 3 aromatic rings. The molecule has 9 nitrogen and oxygen atoms in total. The molecule has 0 saturated carbocycles. The Morgan fingerprint density at radius 3 is 2.96 bits per heavy atom. The van der Waals surface area contributed by atoms with Gasteiger partial charge < -0.3 is 14.4 Å². The van der Waals surface area contributed by atoms with Crippen molar-refractivity contribution in [3.63, 3.8) is 0 Å². The number of nitrogens with one attached hydrogen (secondary N) is 1. The molecule has 0 amide bonds. The molecular weight excluding hydrogens is 356 g/mol. The molecule has 138 valence electrons. The Hall–Kier alpha value is -2.30. The SMILES string of the molecule is CCc1noc2ncc(S(=O)(=O)N3CCNCC3c3nccn3C)cc12. The van der Waals surface area contributed by atoms with E-state index >= 15 is 0 Å². The van der Waals surface area contributed by atoms with Gasteiger partial charge in [0, 0.05) is 39.1 Å². The van der Waals surface area contributed by atoms with E-state index in [-0.39, 0.29) is 10.9 Å². The van der Waals surface area contributed by atoms with Gasteiger partial charge in [-0.1, -0.05) is 12.1 Å². The third kappa shape index (κ3) is 2.70. The van der Waals surface area contributed by atoms with Crippen LogP contribution in [0.5, 0.6) is 0 Å². The van der Waals surface area contributed by atoms with Crippen LogP contribution in [0.25, 0.3) is 11.1 Å². The lowest BCUT2D eigenvalue weighted by atomic mass is 10.2. The number of fused-ring (bicyclic) bond motifs is 1. The lowest BCUT2D eigenvalue weighted by molar-refractivity contribution is 0.258. The number of sulfonamides is 1. The van der Waals surface area contributed by atoms with Crippen molar-refractivity contribution >= 4 is 21.1 Å². The topological polar surface area (TPSA) is 106 Å². The largest absolute Gasteiger partial charge is 0.337 e. The van der Waals surface area contributed by atoms with Gasteiger partial charge >= 0.3 is 0 Å². The molecule has 1 N–H and O–H groups in total. The molecule has 0 aliphatic carbocycles. The zero-order valence-electron chi connectivity index (χ0n) is 14.6. The van der Waals surface area contributed by atoms with Crippen LogP contribution in [0.2, 0.25) is 0 Å². The highest BCUT2D eigenvalue weighted by Gasteiger charge is 2.36. The van der Waals surface area contributed by atoms with Gasteiger partial charge in [0.1, 0.15) is 10.7 Å². The van der Waals surface area contributed by atoms with Gasteiger partial charge in [-0.2, -0.15) is 4.31 Å². The minimum absolute atomic E-state index is 0.143. The monoisotopic (exact) mass is 376 g/mol. The average molecular weight is 376 g/mol. The highest BCUT2D eigenvalue weighted by atomic mass is 32.2. The predicted octanol–water partition coefficient (Wildman–Crippen LogP) is 0.854. The highest BCUT2D eigenvalue weighted by Crippen LogP contribution is 2.29. The van der Waals surface area contributed by atoms with E-state index < -0.39 is 10.0 Å². The summed E-state index contributed by atoms with van der Waals surface area (Å²) >= 11 is 0. The van der Waals surface area contributed by atoms with Gasteiger partial charge in [0.15, 0.2) is 0 Å². The lowest BCUT2D eigenvalue weighted by Gasteiger charge is -2.34. The molecule has 3 aromatic heterocycles. The Bertz CT molecular complexity index is 1040. The Balaban J connectivity index is 1.78. The number of aromatic nitrogens is 4.